The Kier molecular flexibility index (Phi) is 7.56. The van der Waals surface area contributed by atoms with Gasteiger partial charge in [-0.1, -0.05) is 66.8 Å². The molecule has 0 fully saturated rings. The van der Waals surface area contributed by atoms with Crippen LogP contribution in [0.2, 0.25) is 0 Å². The van der Waals surface area contributed by atoms with Crippen LogP contribution in [-0.2, 0) is 14.8 Å². The maximum absolute atomic E-state index is 13.6. The van der Waals surface area contributed by atoms with Gasteiger partial charge in [-0.3, -0.25) is 9.59 Å². The normalized spacial score (nSPS) is 12.3. The number of amides is 1. The van der Waals surface area contributed by atoms with Crippen molar-refractivity contribution in [2.45, 2.75) is 17.9 Å². The van der Waals surface area contributed by atoms with Crippen LogP contribution in [0.5, 0.6) is 0 Å². The van der Waals surface area contributed by atoms with Gasteiger partial charge in [-0.05, 0) is 54.4 Å². The molecule has 202 valence electrons. The molecule has 3 aromatic carbocycles. The van der Waals surface area contributed by atoms with E-state index >= 15 is 0 Å². The highest BCUT2D eigenvalue weighted by molar-refractivity contribution is 9.10. The molecule has 0 saturated heterocycles. The number of hydrogen-bond acceptors (Lipinski definition) is 5. The van der Waals surface area contributed by atoms with E-state index < -0.39 is 27.8 Å². The van der Waals surface area contributed by atoms with Crippen LogP contribution in [0, 0.1) is 6.92 Å². The summed E-state index contributed by atoms with van der Waals surface area (Å²) in [6, 6.07) is 15.8. The summed E-state index contributed by atoms with van der Waals surface area (Å²) < 4.78 is 29.8. The van der Waals surface area contributed by atoms with E-state index in [0.29, 0.717) is 31.8 Å². The summed E-state index contributed by atoms with van der Waals surface area (Å²) in [6.45, 7) is 1.63. The summed E-state index contributed by atoms with van der Waals surface area (Å²) >= 11 is 6.76. The Morgan fingerprint density at radius 3 is 2.42 bits per heavy atom. The molecule has 0 saturated carbocycles. The van der Waals surface area contributed by atoms with Crippen molar-refractivity contribution >= 4 is 75.4 Å². The van der Waals surface area contributed by atoms with E-state index in [-0.39, 0.29) is 17.0 Å². The quantitative estimate of drug-likeness (QED) is 0.0627. The van der Waals surface area contributed by atoms with Gasteiger partial charge in [-0.2, -0.15) is 0 Å². The number of carbonyl (C=O) groups excluding carboxylic acids is 2. The van der Waals surface area contributed by atoms with Crippen molar-refractivity contribution in [2.24, 2.45) is 5.11 Å². The van der Waals surface area contributed by atoms with E-state index in [1.807, 2.05) is 6.92 Å². The largest absolute Gasteiger partial charge is 0.360 e. The lowest BCUT2D eigenvalue weighted by Crippen LogP contribution is -2.33. The lowest BCUT2D eigenvalue weighted by Gasteiger charge is -2.12. The average Bonchev–Trinajstić information content (AvgIpc) is 3.52. The maximum atomic E-state index is 13.6. The predicted molar refractivity (Wildman–Crippen MR) is 159 cm³/mol. The first kappa shape index (κ1) is 27.7. The number of nitrogens with one attached hydrogen (secondary N) is 2. The Labute approximate surface area is 245 Å². The molecule has 13 heteroatoms. The average molecular weight is 684 g/mol. The molecule has 10 nitrogen and oxygen atoms in total. The number of aryl methyl sites for hydroxylation is 1. The van der Waals surface area contributed by atoms with Crippen molar-refractivity contribution in [2.75, 3.05) is 6.54 Å². The third-order valence-electron chi connectivity index (χ3n) is 6.44. The van der Waals surface area contributed by atoms with E-state index in [1.54, 1.807) is 48.5 Å². The number of ketones is 1. The highest BCUT2D eigenvalue weighted by atomic mass is 79.9. The van der Waals surface area contributed by atoms with Crippen LogP contribution in [0.15, 0.2) is 92.0 Å². The maximum Gasteiger partial charge on any atom is 0.292 e. The second-order valence-electron chi connectivity index (χ2n) is 9.01. The fourth-order valence-corrected chi connectivity index (χ4v) is 6.52. The topological polar surface area (TPSA) is 150 Å². The Bertz CT molecular complexity index is 1960. The second kappa shape index (κ2) is 10.9. The van der Waals surface area contributed by atoms with E-state index in [9.17, 15) is 23.5 Å². The van der Waals surface area contributed by atoms with Gasteiger partial charge in [0, 0.05) is 49.1 Å². The first-order chi connectivity index (χ1) is 19.1. The molecule has 2 aromatic heterocycles. The van der Waals surface area contributed by atoms with E-state index in [4.69, 9.17) is 0 Å². The minimum atomic E-state index is -4.01. The van der Waals surface area contributed by atoms with Gasteiger partial charge in [0.1, 0.15) is 0 Å². The number of aromatic nitrogens is 2. The first-order valence-corrected chi connectivity index (χ1v) is 14.9. The number of carbonyl (C=O) groups is 2. The molecule has 0 radical (unpaired) electrons. The van der Waals surface area contributed by atoms with Crippen LogP contribution in [0.4, 0.5) is 0 Å². The molecule has 5 aromatic rings. The minimum Gasteiger partial charge on any atom is -0.360 e. The number of azide groups is 1. The second-order valence-corrected chi connectivity index (χ2v) is 12.7. The summed E-state index contributed by atoms with van der Waals surface area (Å²) in [7, 11) is -4.01. The number of H-pyrrole nitrogens is 1. The molecule has 0 aliphatic heterocycles. The zero-order valence-electron chi connectivity index (χ0n) is 20.8. The van der Waals surface area contributed by atoms with Crippen molar-refractivity contribution in [1.82, 2.24) is 14.3 Å². The third-order valence-corrected chi connectivity index (χ3v) is 9.12. The molecule has 1 atom stereocenters. The molecular weight excluding hydrogens is 664 g/mol. The SMILES string of the molecule is Cc1ccc(S(=O)(=O)n2cc([C@@H](CNC(=O)C(=O)c3c[nH]c4cc(Br)ccc34)N=[N+]=[N-])c3ccc(Br)cc32)cc1. The number of hydrogen-bond donors (Lipinski definition) is 2. The molecular formula is C27H20Br2N6O4S. The molecule has 0 spiro atoms. The van der Waals surface area contributed by atoms with Crippen LogP contribution in [0.3, 0.4) is 0 Å². The van der Waals surface area contributed by atoms with Gasteiger partial charge in [0.25, 0.3) is 21.7 Å². The summed E-state index contributed by atoms with van der Waals surface area (Å²) in [5.41, 5.74) is 11.8. The van der Waals surface area contributed by atoms with Crippen LogP contribution in [-0.4, -0.2) is 35.6 Å². The van der Waals surface area contributed by atoms with Gasteiger partial charge in [-0.25, -0.2) is 12.4 Å². The standard InChI is InChI=1S/C27H20Br2N6O4S/c1-15-2-6-18(7-3-15)40(38,39)35-14-22(20-9-5-17(29)11-25(20)35)24(33-34-30)13-32-27(37)26(36)21-12-31-23-10-16(28)4-8-19(21)23/h2-12,14,24,31H,13H2,1H3,(H,32,37)/t24-/m1/s1. The van der Waals surface area contributed by atoms with Gasteiger partial charge < -0.3 is 10.3 Å². The van der Waals surface area contributed by atoms with Gasteiger partial charge in [-0.15, -0.1) is 0 Å². The first-order valence-electron chi connectivity index (χ1n) is 11.9. The number of fused-ring (bicyclic) bond motifs is 2. The number of rotatable bonds is 8. The Balaban J connectivity index is 1.48. The third kappa shape index (κ3) is 5.16. The van der Waals surface area contributed by atoms with Crippen LogP contribution in [0.1, 0.15) is 27.5 Å². The Hall–Kier alpha value is -3.90. The molecule has 0 unspecified atom stereocenters. The number of aromatic amines is 1. The lowest BCUT2D eigenvalue weighted by atomic mass is 10.1. The molecule has 2 N–H and O–H groups in total. The fraction of sp³-hybridized carbons (Fsp3) is 0.111. The van der Waals surface area contributed by atoms with Crippen molar-refractivity contribution in [3.8, 4) is 0 Å². The molecule has 5 rings (SSSR count). The molecule has 2 heterocycles. The van der Waals surface area contributed by atoms with E-state index in [1.165, 1.54) is 24.5 Å². The summed E-state index contributed by atoms with van der Waals surface area (Å²) in [5, 5.41) is 7.47. The van der Waals surface area contributed by atoms with E-state index in [0.717, 1.165) is 14.0 Å². The van der Waals surface area contributed by atoms with Crippen LogP contribution < -0.4 is 5.32 Å². The van der Waals surface area contributed by atoms with Gasteiger partial charge in [0.2, 0.25) is 0 Å². The zero-order chi connectivity index (χ0) is 28.6. The zero-order valence-corrected chi connectivity index (χ0v) is 24.8. The summed E-state index contributed by atoms with van der Waals surface area (Å²) in [5.74, 6) is -1.65. The smallest absolute Gasteiger partial charge is 0.292 e. The van der Waals surface area contributed by atoms with Gasteiger partial charge in [0.05, 0.1) is 22.0 Å². The molecule has 0 aliphatic rings. The summed E-state index contributed by atoms with van der Waals surface area (Å²) in [4.78, 5) is 31.8. The van der Waals surface area contributed by atoms with Gasteiger partial charge in [0.15, 0.2) is 0 Å². The highest BCUT2D eigenvalue weighted by Crippen LogP contribution is 2.33. The van der Waals surface area contributed by atoms with Crippen molar-refractivity contribution in [3.05, 3.63) is 109 Å². The molecule has 0 bridgehead atoms. The monoisotopic (exact) mass is 682 g/mol. The number of Topliss-reactive ketones (excluding diaryl/α,β-unsaturated/α-hetero) is 1. The number of nitrogens with zero attached hydrogens (tertiary/aromatic N) is 4. The van der Waals surface area contributed by atoms with Crippen molar-refractivity contribution < 1.29 is 18.0 Å². The minimum absolute atomic E-state index is 0.0894. The lowest BCUT2D eigenvalue weighted by molar-refractivity contribution is -0.117. The number of benzene rings is 3. The predicted octanol–water partition coefficient (Wildman–Crippen LogP) is 6.54. The molecule has 40 heavy (non-hydrogen) atoms. The van der Waals surface area contributed by atoms with Crippen molar-refractivity contribution in [3.63, 3.8) is 0 Å². The number of halogens is 2. The molecule has 0 aliphatic carbocycles. The molecule has 1 amide bonds. The van der Waals surface area contributed by atoms with Crippen LogP contribution >= 0.6 is 31.9 Å². The Morgan fingerprint density at radius 1 is 1.05 bits per heavy atom. The fourth-order valence-electron chi connectivity index (χ4n) is 4.44. The van der Waals surface area contributed by atoms with Crippen LogP contribution in [0.25, 0.3) is 32.2 Å². The Morgan fingerprint density at radius 2 is 1.73 bits per heavy atom. The van der Waals surface area contributed by atoms with E-state index in [2.05, 4.69) is 52.2 Å². The summed E-state index contributed by atoms with van der Waals surface area (Å²) in [6.07, 6.45) is 2.85. The highest BCUT2D eigenvalue weighted by Gasteiger charge is 2.26. The van der Waals surface area contributed by atoms with Crippen molar-refractivity contribution in [1.29, 1.82) is 0 Å². The van der Waals surface area contributed by atoms with Gasteiger partial charge >= 0.3 is 0 Å².